The van der Waals surface area contributed by atoms with E-state index in [1.54, 1.807) is 11.1 Å². The number of fused-ring (bicyclic) bond motifs is 8. The minimum absolute atomic E-state index is 0.145. The van der Waals surface area contributed by atoms with Crippen LogP contribution in [0, 0.1) is 11.8 Å². The minimum atomic E-state index is 0.145. The molecule has 0 saturated heterocycles. The van der Waals surface area contributed by atoms with Gasteiger partial charge in [-0.25, -0.2) is 0 Å². The zero-order valence-corrected chi connectivity index (χ0v) is 25.7. The average molecular weight is 589 g/mol. The molecule has 0 radical (unpaired) electrons. The van der Waals surface area contributed by atoms with Crippen LogP contribution in [0.4, 0.5) is 34.1 Å². The summed E-state index contributed by atoms with van der Waals surface area (Å²) in [6.45, 7) is 0.145. The van der Waals surface area contributed by atoms with Crippen molar-refractivity contribution in [3.05, 3.63) is 151 Å². The van der Waals surface area contributed by atoms with E-state index in [9.17, 15) is 0 Å². The van der Waals surface area contributed by atoms with Gasteiger partial charge in [0.1, 0.15) is 0 Å². The third-order valence-electron chi connectivity index (χ3n) is 12.2. The van der Waals surface area contributed by atoms with E-state index in [2.05, 4.69) is 149 Å². The van der Waals surface area contributed by atoms with Crippen LogP contribution in [0.2, 0.25) is 0 Å². The predicted octanol–water partition coefficient (Wildman–Crippen LogP) is 8.86. The number of hydrogen-bond donors (Lipinski definition) is 0. The molecule has 2 bridgehead atoms. The van der Waals surface area contributed by atoms with Gasteiger partial charge in [-0.05, 0) is 113 Å². The molecule has 2 heterocycles. The lowest BCUT2D eigenvalue weighted by atomic mass is 9.33. The maximum Gasteiger partial charge on any atom is 0.252 e. The smallest absolute Gasteiger partial charge is 0.252 e. The Hall–Kier alpha value is -5.02. The molecule has 0 aromatic heterocycles. The van der Waals surface area contributed by atoms with Crippen molar-refractivity contribution >= 4 is 57.2 Å². The van der Waals surface area contributed by atoms with Gasteiger partial charge in [-0.1, -0.05) is 97.1 Å². The summed E-state index contributed by atoms with van der Waals surface area (Å²) < 4.78 is 0. The molecule has 0 unspecified atom stereocenters. The van der Waals surface area contributed by atoms with Gasteiger partial charge in [0.05, 0.1) is 0 Å². The van der Waals surface area contributed by atoms with Crippen LogP contribution in [0.3, 0.4) is 0 Å². The van der Waals surface area contributed by atoms with Gasteiger partial charge in [0.25, 0.3) is 6.71 Å². The second-order valence-corrected chi connectivity index (χ2v) is 13.9. The molecular formula is C43H33BN2. The molecule has 218 valence electrons. The van der Waals surface area contributed by atoms with Crippen molar-refractivity contribution < 1.29 is 0 Å². The van der Waals surface area contributed by atoms with Crippen LogP contribution in [-0.2, 0) is 5.41 Å². The third kappa shape index (κ3) is 2.95. The van der Waals surface area contributed by atoms with Gasteiger partial charge in [-0.3, -0.25) is 0 Å². The van der Waals surface area contributed by atoms with Crippen LogP contribution in [-0.4, -0.2) is 6.71 Å². The van der Waals surface area contributed by atoms with E-state index in [1.807, 2.05) is 0 Å². The third-order valence-corrected chi connectivity index (χ3v) is 12.2. The predicted molar refractivity (Wildman–Crippen MR) is 192 cm³/mol. The molecule has 1 spiro atoms. The lowest BCUT2D eigenvalue weighted by Gasteiger charge is -2.45. The van der Waals surface area contributed by atoms with E-state index in [1.165, 1.54) is 87.3 Å². The number of benzene rings is 6. The lowest BCUT2D eigenvalue weighted by Crippen LogP contribution is -2.61. The first kappa shape index (κ1) is 25.2. The van der Waals surface area contributed by atoms with Gasteiger partial charge in [-0.15, -0.1) is 0 Å². The highest BCUT2D eigenvalue weighted by atomic mass is 15.2. The number of anilines is 6. The van der Waals surface area contributed by atoms with Crippen molar-refractivity contribution in [2.45, 2.75) is 31.1 Å². The average Bonchev–Trinajstić information content (AvgIpc) is 3.78. The van der Waals surface area contributed by atoms with Crippen molar-refractivity contribution in [2.75, 3.05) is 9.80 Å². The molecule has 2 nitrogen and oxygen atoms in total. The van der Waals surface area contributed by atoms with Crippen LogP contribution in [0.1, 0.15) is 36.8 Å². The summed E-state index contributed by atoms with van der Waals surface area (Å²) >= 11 is 0. The molecule has 2 saturated carbocycles. The minimum Gasteiger partial charge on any atom is -0.311 e. The molecule has 0 amide bonds. The lowest BCUT2D eigenvalue weighted by molar-refractivity contribution is 0.400. The fourth-order valence-electron chi connectivity index (χ4n) is 10.7. The number of hydrogen-bond acceptors (Lipinski definition) is 2. The molecule has 11 rings (SSSR count). The number of rotatable bonds is 2. The zero-order chi connectivity index (χ0) is 30.0. The molecule has 3 aliphatic carbocycles. The normalized spacial score (nSPS) is 22.4. The highest BCUT2D eigenvalue weighted by Gasteiger charge is 2.61. The first-order valence-corrected chi connectivity index (χ1v) is 17.0. The Kier molecular flexibility index (Phi) is 4.95. The molecule has 0 N–H and O–H groups in total. The second kappa shape index (κ2) is 9.04. The van der Waals surface area contributed by atoms with Gasteiger partial charge in [0.15, 0.2) is 0 Å². The molecule has 6 aromatic rings. The standard InChI is InChI=1S/C43H33BN2/c1-3-12-30(13-4-1)45-37-19-10-9-18-35(37)44-36-27-26-34-40(32-16-7-8-17-33(32)43(34)28-22-23-29(43)25-24-28)42(36)46(31-14-5-2-6-15-31)39-21-11-20-38(45)41(39)44/h1-21,26-29H,22-25H2. The van der Waals surface area contributed by atoms with Crippen LogP contribution < -0.4 is 26.2 Å². The molecule has 2 aliphatic heterocycles. The summed E-state index contributed by atoms with van der Waals surface area (Å²) in [6, 6.07) is 52.7. The molecule has 2 fully saturated rings. The Balaban J connectivity index is 1.27. The van der Waals surface area contributed by atoms with E-state index in [0.717, 1.165) is 11.8 Å². The summed E-state index contributed by atoms with van der Waals surface area (Å²) in [5.74, 6) is 1.47. The Morgan fingerprint density at radius 1 is 0.478 bits per heavy atom. The maximum atomic E-state index is 2.62. The van der Waals surface area contributed by atoms with Crippen molar-refractivity contribution in [3.8, 4) is 11.1 Å². The van der Waals surface area contributed by atoms with Crippen LogP contribution in [0.5, 0.6) is 0 Å². The number of para-hydroxylation sites is 3. The Morgan fingerprint density at radius 2 is 1.07 bits per heavy atom. The maximum absolute atomic E-state index is 2.62. The first-order valence-electron chi connectivity index (χ1n) is 17.0. The quantitative estimate of drug-likeness (QED) is 0.186. The van der Waals surface area contributed by atoms with E-state index < -0.39 is 0 Å². The number of nitrogens with zero attached hydrogens (tertiary/aromatic N) is 2. The summed E-state index contributed by atoms with van der Waals surface area (Å²) in [5, 5.41) is 0. The van der Waals surface area contributed by atoms with Crippen LogP contribution in [0.15, 0.2) is 140 Å². The SMILES string of the molecule is c1ccc(N2c3ccccc3B3c4ccc5c(c4N(c4ccccc4)c4cccc2c43)-c2ccccc2C52C3CCC2CC3)cc1. The molecule has 6 aromatic carbocycles. The Labute approximate surface area is 271 Å². The van der Waals surface area contributed by atoms with Gasteiger partial charge in [-0.2, -0.15) is 0 Å². The van der Waals surface area contributed by atoms with Crippen molar-refractivity contribution in [1.82, 2.24) is 0 Å². The molecule has 46 heavy (non-hydrogen) atoms. The molecule has 5 aliphatic rings. The molecule has 3 heteroatoms. The summed E-state index contributed by atoms with van der Waals surface area (Å²) in [7, 11) is 0. The van der Waals surface area contributed by atoms with Gasteiger partial charge < -0.3 is 9.80 Å². The summed E-state index contributed by atoms with van der Waals surface area (Å²) in [5.41, 5.74) is 18.1. The van der Waals surface area contributed by atoms with Crippen LogP contribution in [0.25, 0.3) is 11.1 Å². The topological polar surface area (TPSA) is 6.48 Å². The van der Waals surface area contributed by atoms with E-state index >= 15 is 0 Å². The highest BCUT2D eigenvalue weighted by molar-refractivity contribution is 7.00. The second-order valence-electron chi connectivity index (χ2n) is 13.9. The van der Waals surface area contributed by atoms with E-state index in [0.29, 0.717) is 0 Å². The summed E-state index contributed by atoms with van der Waals surface area (Å²) in [4.78, 5) is 5.10. The van der Waals surface area contributed by atoms with Crippen molar-refractivity contribution in [2.24, 2.45) is 11.8 Å². The van der Waals surface area contributed by atoms with Crippen molar-refractivity contribution in [3.63, 3.8) is 0 Å². The molecule has 0 atom stereocenters. The highest BCUT2D eigenvalue weighted by Crippen LogP contribution is 2.69. The Morgan fingerprint density at radius 3 is 1.80 bits per heavy atom. The van der Waals surface area contributed by atoms with E-state index in [4.69, 9.17) is 0 Å². The van der Waals surface area contributed by atoms with Crippen molar-refractivity contribution in [1.29, 1.82) is 0 Å². The van der Waals surface area contributed by atoms with E-state index in [-0.39, 0.29) is 12.1 Å². The zero-order valence-electron chi connectivity index (χ0n) is 25.7. The monoisotopic (exact) mass is 588 g/mol. The molecular weight excluding hydrogens is 555 g/mol. The fraction of sp³-hybridized carbons (Fsp3) is 0.163. The van der Waals surface area contributed by atoms with Gasteiger partial charge >= 0.3 is 0 Å². The first-order chi connectivity index (χ1) is 22.9. The van der Waals surface area contributed by atoms with Gasteiger partial charge in [0.2, 0.25) is 0 Å². The van der Waals surface area contributed by atoms with Crippen LogP contribution >= 0.6 is 0 Å². The fourth-order valence-corrected chi connectivity index (χ4v) is 10.7. The van der Waals surface area contributed by atoms with Gasteiger partial charge in [0, 0.05) is 45.1 Å². The Bertz CT molecular complexity index is 2190. The largest absolute Gasteiger partial charge is 0.311 e. The summed E-state index contributed by atoms with van der Waals surface area (Å²) in [6.07, 6.45) is 5.43.